The van der Waals surface area contributed by atoms with Crippen LogP contribution in [-0.4, -0.2) is 60.6 Å². The molecule has 0 bridgehead atoms. The van der Waals surface area contributed by atoms with E-state index in [1.54, 1.807) is 11.0 Å². The minimum atomic E-state index is -1.12. The van der Waals surface area contributed by atoms with Gasteiger partial charge in [0.05, 0.1) is 23.8 Å². The van der Waals surface area contributed by atoms with E-state index in [1.165, 1.54) is 4.90 Å². The first-order chi connectivity index (χ1) is 15.5. The molecule has 1 N–H and O–H groups in total. The molecule has 1 aromatic rings. The molecule has 1 saturated heterocycles. The number of hydrogen-bond acceptors (Lipinski definition) is 5. The van der Waals surface area contributed by atoms with Gasteiger partial charge in [0.15, 0.2) is 0 Å². The van der Waals surface area contributed by atoms with E-state index < -0.39 is 5.97 Å². The van der Waals surface area contributed by atoms with E-state index in [4.69, 9.17) is 4.74 Å². The van der Waals surface area contributed by atoms with Crippen molar-refractivity contribution in [2.75, 3.05) is 37.7 Å². The van der Waals surface area contributed by atoms with Crippen LogP contribution >= 0.6 is 11.3 Å². The minimum Gasteiger partial charge on any atom is -0.477 e. The maximum Gasteiger partial charge on any atom is 0.348 e. The summed E-state index contributed by atoms with van der Waals surface area (Å²) in [5.74, 6) is 5.07. The Balaban J connectivity index is 1.95. The van der Waals surface area contributed by atoms with Gasteiger partial charge in [-0.3, -0.25) is 9.59 Å². The molecule has 7 nitrogen and oxygen atoms in total. The van der Waals surface area contributed by atoms with Crippen molar-refractivity contribution >= 4 is 34.8 Å². The summed E-state index contributed by atoms with van der Waals surface area (Å²) in [6, 6.07) is 1.66. The molecule has 33 heavy (non-hydrogen) atoms. The van der Waals surface area contributed by atoms with Gasteiger partial charge >= 0.3 is 5.97 Å². The topological polar surface area (TPSA) is 87.2 Å². The summed E-state index contributed by atoms with van der Waals surface area (Å²) in [7, 11) is 0. The Morgan fingerprint density at radius 1 is 1.18 bits per heavy atom. The van der Waals surface area contributed by atoms with Gasteiger partial charge in [-0.1, -0.05) is 18.8 Å². The summed E-state index contributed by atoms with van der Waals surface area (Å²) >= 11 is 1.05. The van der Waals surface area contributed by atoms with Crippen molar-refractivity contribution in [2.45, 2.75) is 53.4 Å². The Labute approximate surface area is 200 Å². The van der Waals surface area contributed by atoms with Crippen molar-refractivity contribution in [1.29, 1.82) is 0 Å². The number of anilines is 1. The lowest BCUT2D eigenvalue weighted by molar-refractivity contribution is -0.135. The Morgan fingerprint density at radius 2 is 1.82 bits per heavy atom. The van der Waals surface area contributed by atoms with E-state index in [1.807, 2.05) is 20.8 Å². The Kier molecular flexibility index (Phi) is 8.19. The molecule has 2 heterocycles. The predicted octanol–water partition coefficient (Wildman–Crippen LogP) is 3.86. The number of thiophene rings is 1. The molecule has 0 atom stereocenters. The van der Waals surface area contributed by atoms with Gasteiger partial charge in [-0.25, -0.2) is 4.79 Å². The lowest BCUT2D eigenvalue weighted by atomic mass is 9.82. The van der Waals surface area contributed by atoms with Crippen LogP contribution in [-0.2, 0) is 14.3 Å². The van der Waals surface area contributed by atoms with Gasteiger partial charge in [-0.15, -0.1) is 11.3 Å². The third kappa shape index (κ3) is 6.81. The normalized spacial score (nSPS) is 21.2. The maximum atomic E-state index is 13.6. The number of rotatable bonds is 5. The molecule has 3 rings (SSSR count). The van der Waals surface area contributed by atoms with Crippen LogP contribution in [0, 0.1) is 29.1 Å². The molecule has 0 aromatic carbocycles. The highest BCUT2D eigenvalue weighted by molar-refractivity contribution is 7.15. The molecule has 180 valence electrons. The molecule has 2 amide bonds. The highest BCUT2D eigenvalue weighted by Gasteiger charge is 2.34. The van der Waals surface area contributed by atoms with Gasteiger partial charge in [-0.05, 0) is 58.4 Å². The predicted molar refractivity (Wildman–Crippen MR) is 128 cm³/mol. The van der Waals surface area contributed by atoms with Crippen molar-refractivity contribution in [3.8, 4) is 11.8 Å². The largest absolute Gasteiger partial charge is 0.477 e. The molecule has 0 unspecified atom stereocenters. The third-order valence-electron chi connectivity index (χ3n) is 6.05. The number of ether oxygens (including phenoxy) is 1. The van der Waals surface area contributed by atoms with Crippen LogP contribution in [0.15, 0.2) is 6.07 Å². The zero-order chi connectivity index (χ0) is 24.2. The fourth-order valence-corrected chi connectivity index (χ4v) is 4.96. The molecule has 1 aromatic heterocycles. The van der Waals surface area contributed by atoms with Gasteiger partial charge in [0, 0.05) is 24.4 Å². The van der Waals surface area contributed by atoms with Gasteiger partial charge in [0.25, 0.3) is 0 Å². The number of amides is 2. The number of carboxylic acid groups (broad SMARTS) is 1. The molecule has 0 spiro atoms. The number of nitrogens with zero attached hydrogens (tertiary/aromatic N) is 2. The lowest BCUT2D eigenvalue weighted by Crippen LogP contribution is -2.48. The summed E-state index contributed by atoms with van der Waals surface area (Å²) in [5.41, 5.74) is 0.0321. The summed E-state index contributed by atoms with van der Waals surface area (Å²) in [4.78, 5) is 42.5. The molecule has 0 radical (unpaired) electrons. The average molecular weight is 475 g/mol. The zero-order valence-corrected chi connectivity index (χ0v) is 20.8. The van der Waals surface area contributed by atoms with Gasteiger partial charge < -0.3 is 19.6 Å². The van der Waals surface area contributed by atoms with E-state index >= 15 is 0 Å². The van der Waals surface area contributed by atoms with Gasteiger partial charge in [0.2, 0.25) is 11.8 Å². The second kappa shape index (κ2) is 10.7. The third-order valence-corrected chi connectivity index (χ3v) is 7.07. The smallest absolute Gasteiger partial charge is 0.348 e. The standard InChI is InChI=1S/C25H34N2O5S/c1-17-5-7-18(8-6-17)23(29)27(16-21(28)26-11-13-32-14-12-26)20-15-19(9-10-25(2,3)4)33-22(20)24(30)31/h15,17-18H,5-8,11-14,16H2,1-4H3,(H,30,31)/t17-,18-. The van der Waals surface area contributed by atoms with Crippen molar-refractivity contribution < 1.29 is 24.2 Å². The van der Waals surface area contributed by atoms with Gasteiger partial charge in [-0.2, -0.15) is 0 Å². The summed E-state index contributed by atoms with van der Waals surface area (Å²) in [6.07, 6.45) is 3.43. The summed E-state index contributed by atoms with van der Waals surface area (Å²) < 4.78 is 5.33. The number of carboxylic acids is 1. The van der Waals surface area contributed by atoms with Crippen molar-refractivity contribution in [3.63, 3.8) is 0 Å². The van der Waals surface area contributed by atoms with Crippen LogP contribution in [0.4, 0.5) is 5.69 Å². The second-order valence-corrected chi connectivity index (χ2v) is 11.1. The highest BCUT2D eigenvalue weighted by atomic mass is 32.1. The minimum absolute atomic E-state index is 0.0421. The SMILES string of the molecule is CC(C)(C)C#Cc1cc(N(CC(=O)N2CCOCC2)C(=O)[C@H]2CC[C@H](C)CC2)c(C(=O)O)s1. The molecule has 2 fully saturated rings. The van der Waals surface area contributed by atoms with E-state index in [-0.39, 0.29) is 40.3 Å². The second-order valence-electron chi connectivity index (χ2n) is 10.0. The van der Waals surface area contributed by atoms with Crippen molar-refractivity contribution in [1.82, 2.24) is 4.90 Å². The Hall–Kier alpha value is -2.37. The fourth-order valence-electron chi connectivity index (χ4n) is 4.10. The van der Waals surface area contributed by atoms with Crippen molar-refractivity contribution in [2.24, 2.45) is 17.3 Å². The van der Waals surface area contributed by atoms with E-state index in [9.17, 15) is 19.5 Å². The first-order valence-corrected chi connectivity index (χ1v) is 12.4. The monoisotopic (exact) mass is 474 g/mol. The van der Waals surface area contributed by atoms with Crippen LogP contribution in [0.3, 0.4) is 0 Å². The van der Waals surface area contributed by atoms with Crippen molar-refractivity contribution in [3.05, 3.63) is 15.8 Å². The van der Waals surface area contributed by atoms with E-state index in [0.29, 0.717) is 37.1 Å². The number of carbonyl (C=O) groups excluding carboxylic acids is 2. The van der Waals surface area contributed by atoms with Crippen LogP contribution in [0.5, 0.6) is 0 Å². The first kappa shape index (κ1) is 25.3. The van der Waals surface area contributed by atoms with Crippen LogP contribution in [0.25, 0.3) is 0 Å². The lowest BCUT2D eigenvalue weighted by Gasteiger charge is -2.33. The summed E-state index contributed by atoms with van der Waals surface area (Å²) in [6.45, 7) is 9.82. The van der Waals surface area contributed by atoms with Crippen LogP contribution in [0.2, 0.25) is 0 Å². The molecule has 1 aliphatic carbocycles. The van der Waals surface area contributed by atoms with Crippen LogP contribution < -0.4 is 4.90 Å². The molecule has 8 heteroatoms. The van der Waals surface area contributed by atoms with Crippen LogP contribution in [0.1, 0.15) is 67.9 Å². The van der Waals surface area contributed by atoms with Gasteiger partial charge in [0.1, 0.15) is 11.4 Å². The fraction of sp³-hybridized carbons (Fsp3) is 0.640. The molecule has 1 saturated carbocycles. The van der Waals surface area contributed by atoms with E-state index in [0.717, 1.165) is 37.0 Å². The molecular weight excluding hydrogens is 440 g/mol. The average Bonchev–Trinajstić information content (AvgIpc) is 3.20. The quantitative estimate of drug-likeness (QED) is 0.655. The number of morpholine rings is 1. The molecular formula is C25H34N2O5S. The number of carbonyl (C=O) groups is 3. The highest BCUT2D eigenvalue weighted by Crippen LogP contribution is 2.35. The summed E-state index contributed by atoms with van der Waals surface area (Å²) in [5, 5.41) is 9.88. The Morgan fingerprint density at radius 3 is 2.39 bits per heavy atom. The first-order valence-electron chi connectivity index (χ1n) is 11.6. The maximum absolute atomic E-state index is 13.6. The van der Waals surface area contributed by atoms with E-state index in [2.05, 4.69) is 18.8 Å². The number of aromatic carboxylic acids is 1. The zero-order valence-electron chi connectivity index (χ0n) is 20.0. The molecule has 2 aliphatic rings. The Bertz CT molecular complexity index is 938. The molecule has 1 aliphatic heterocycles. The number of hydrogen-bond donors (Lipinski definition) is 1.